The number of ether oxygens (including phenoxy) is 1. The topological polar surface area (TPSA) is 84.0 Å². The zero-order chi connectivity index (χ0) is 24.7. The van der Waals surface area contributed by atoms with Gasteiger partial charge in [0.15, 0.2) is 0 Å². The van der Waals surface area contributed by atoms with E-state index in [2.05, 4.69) is 0 Å². The van der Waals surface area contributed by atoms with Crippen molar-refractivity contribution in [2.45, 2.75) is 50.3 Å². The maximum atomic E-state index is 13.7. The third kappa shape index (κ3) is 4.00. The van der Waals surface area contributed by atoms with Crippen molar-refractivity contribution in [1.29, 1.82) is 0 Å². The van der Waals surface area contributed by atoms with Gasteiger partial charge in [0, 0.05) is 25.0 Å². The van der Waals surface area contributed by atoms with Gasteiger partial charge in [-0.2, -0.15) is 0 Å². The number of likely N-dealkylation sites (N-methyl/N-ethyl adjacent to an activating group) is 1. The minimum absolute atomic E-state index is 0.0607. The number of aryl methyl sites for hydroxylation is 2. The Morgan fingerprint density at radius 2 is 1.76 bits per heavy atom. The van der Waals surface area contributed by atoms with Crippen LogP contribution < -0.4 is 4.90 Å². The highest BCUT2D eigenvalue weighted by atomic mass is 32.2. The SMILES string of the molecule is CCOC(=O)CC1=CCC2(CCN1S(=O)(=O)c1ccc(C)cc1)C(=O)N(C)c1ccc(C)cc12. The predicted octanol–water partition coefficient (Wildman–Crippen LogP) is 3.84. The van der Waals surface area contributed by atoms with E-state index in [0.717, 1.165) is 22.4 Å². The van der Waals surface area contributed by atoms with Crippen molar-refractivity contribution in [3.05, 3.63) is 70.9 Å². The smallest absolute Gasteiger partial charge is 0.311 e. The molecule has 2 aliphatic rings. The molecule has 1 amide bonds. The fraction of sp³-hybridized carbons (Fsp3) is 0.385. The standard InChI is InChI=1S/C26H30N2O5S/c1-5-33-24(29)17-20-12-13-26(22-16-19(3)8-11-23(22)27(4)25(26)30)14-15-28(20)34(31,32)21-9-6-18(2)7-10-21/h6-12,16H,5,13-15,17H2,1-4H3. The summed E-state index contributed by atoms with van der Waals surface area (Å²) in [6, 6.07) is 12.5. The Bertz CT molecular complexity index is 1270. The lowest BCUT2D eigenvalue weighted by Crippen LogP contribution is -2.40. The van der Waals surface area contributed by atoms with Gasteiger partial charge in [-0.25, -0.2) is 8.42 Å². The lowest BCUT2D eigenvalue weighted by Gasteiger charge is -2.29. The van der Waals surface area contributed by atoms with Gasteiger partial charge < -0.3 is 9.64 Å². The monoisotopic (exact) mass is 482 g/mol. The second-order valence-electron chi connectivity index (χ2n) is 8.99. The molecule has 8 heteroatoms. The fourth-order valence-corrected chi connectivity index (χ4v) is 6.39. The third-order valence-corrected chi connectivity index (χ3v) is 8.60. The summed E-state index contributed by atoms with van der Waals surface area (Å²) in [4.78, 5) is 27.7. The first-order valence-corrected chi connectivity index (χ1v) is 12.9. The Hall–Kier alpha value is -3.13. The van der Waals surface area contributed by atoms with E-state index in [0.29, 0.717) is 18.5 Å². The van der Waals surface area contributed by atoms with Crippen LogP contribution in [0.1, 0.15) is 42.9 Å². The molecule has 0 aromatic heterocycles. The Kier molecular flexibility index (Phi) is 6.29. The van der Waals surface area contributed by atoms with Gasteiger partial charge >= 0.3 is 5.97 Å². The van der Waals surface area contributed by atoms with E-state index in [4.69, 9.17) is 4.74 Å². The van der Waals surface area contributed by atoms with Gasteiger partial charge in [-0.15, -0.1) is 0 Å². The van der Waals surface area contributed by atoms with Crippen LogP contribution in [0.15, 0.2) is 59.1 Å². The summed E-state index contributed by atoms with van der Waals surface area (Å²) in [5.74, 6) is -0.561. The van der Waals surface area contributed by atoms with E-state index in [1.807, 2.05) is 32.0 Å². The van der Waals surface area contributed by atoms with Gasteiger partial charge in [-0.1, -0.05) is 41.5 Å². The number of esters is 1. The molecule has 0 fully saturated rings. The van der Waals surface area contributed by atoms with E-state index in [-0.39, 0.29) is 30.4 Å². The van der Waals surface area contributed by atoms with Crippen LogP contribution in [0.5, 0.6) is 0 Å². The molecule has 1 atom stereocenters. The van der Waals surface area contributed by atoms with Crippen LogP contribution in [0.4, 0.5) is 5.69 Å². The lowest BCUT2D eigenvalue weighted by atomic mass is 9.75. The number of carbonyl (C=O) groups is 2. The molecule has 2 aromatic carbocycles. The van der Waals surface area contributed by atoms with Crippen molar-refractivity contribution < 1.29 is 22.7 Å². The van der Waals surface area contributed by atoms with E-state index in [1.54, 1.807) is 49.2 Å². The number of anilines is 1. The minimum Gasteiger partial charge on any atom is -0.466 e. The molecular formula is C26H30N2O5S. The maximum Gasteiger partial charge on any atom is 0.311 e. The first-order chi connectivity index (χ1) is 16.1. The van der Waals surface area contributed by atoms with Crippen LogP contribution in [-0.2, 0) is 29.8 Å². The second-order valence-corrected chi connectivity index (χ2v) is 10.9. The summed E-state index contributed by atoms with van der Waals surface area (Å²) < 4.78 is 33.8. The molecule has 0 radical (unpaired) electrons. The predicted molar refractivity (Wildman–Crippen MR) is 130 cm³/mol. The normalized spacial score (nSPS) is 20.2. The highest BCUT2D eigenvalue weighted by molar-refractivity contribution is 7.89. The van der Waals surface area contributed by atoms with E-state index >= 15 is 0 Å². The van der Waals surface area contributed by atoms with Crippen molar-refractivity contribution in [3.8, 4) is 0 Å². The molecule has 34 heavy (non-hydrogen) atoms. The average molecular weight is 483 g/mol. The maximum absolute atomic E-state index is 13.7. The molecule has 1 spiro atoms. The molecule has 0 bridgehead atoms. The number of amides is 1. The van der Waals surface area contributed by atoms with Gasteiger partial charge in [0.05, 0.1) is 23.3 Å². The molecule has 2 aliphatic heterocycles. The molecule has 2 aromatic rings. The molecule has 4 rings (SSSR count). The van der Waals surface area contributed by atoms with Crippen molar-refractivity contribution in [1.82, 2.24) is 4.31 Å². The second kappa shape index (κ2) is 8.91. The Balaban J connectivity index is 1.80. The van der Waals surface area contributed by atoms with Gasteiger partial charge in [0.1, 0.15) is 0 Å². The van der Waals surface area contributed by atoms with Crippen molar-refractivity contribution in [3.63, 3.8) is 0 Å². The molecule has 0 saturated carbocycles. The number of benzene rings is 2. The Labute approximate surface area is 201 Å². The minimum atomic E-state index is -3.94. The van der Waals surface area contributed by atoms with Crippen LogP contribution in [0.3, 0.4) is 0 Å². The molecule has 0 aliphatic carbocycles. The molecule has 2 heterocycles. The number of hydrogen-bond donors (Lipinski definition) is 0. The molecule has 180 valence electrons. The molecule has 1 unspecified atom stereocenters. The van der Waals surface area contributed by atoms with Gasteiger partial charge in [0.25, 0.3) is 10.0 Å². The first kappa shape index (κ1) is 24.0. The Morgan fingerprint density at radius 3 is 2.44 bits per heavy atom. The van der Waals surface area contributed by atoms with Crippen molar-refractivity contribution in [2.75, 3.05) is 25.1 Å². The van der Waals surface area contributed by atoms with Crippen LogP contribution in [0.25, 0.3) is 0 Å². The number of rotatable bonds is 5. The molecule has 0 N–H and O–H groups in total. The number of nitrogens with zero attached hydrogens (tertiary/aromatic N) is 2. The lowest BCUT2D eigenvalue weighted by molar-refractivity contribution is -0.142. The summed E-state index contributed by atoms with van der Waals surface area (Å²) in [7, 11) is -2.19. The first-order valence-electron chi connectivity index (χ1n) is 11.4. The summed E-state index contributed by atoms with van der Waals surface area (Å²) in [6.07, 6.45) is 2.17. The largest absolute Gasteiger partial charge is 0.466 e. The zero-order valence-corrected chi connectivity index (χ0v) is 20.8. The zero-order valence-electron chi connectivity index (χ0n) is 20.0. The van der Waals surface area contributed by atoms with Crippen LogP contribution in [-0.4, -0.2) is 44.8 Å². The van der Waals surface area contributed by atoms with Crippen LogP contribution in [0.2, 0.25) is 0 Å². The van der Waals surface area contributed by atoms with Gasteiger partial charge in [-0.05, 0) is 57.4 Å². The number of carbonyl (C=O) groups excluding carboxylic acids is 2. The van der Waals surface area contributed by atoms with Crippen molar-refractivity contribution >= 4 is 27.6 Å². The molecular weight excluding hydrogens is 452 g/mol. The average Bonchev–Trinajstić information content (AvgIpc) is 2.92. The number of sulfonamides is 1. The summed E-state index contributed by atoms with van der Waals surface area (Å²) in [5, 5.41) is 0. The fourth-order valence-electron chi connectivity index (χ4n) is 4.87. The summed E-state index contributed by atoms with van der Waals surface area (Å²) in [5.41, 5.74) is 3.18. The highest BCUT2D eigenvalue weighted by Crippen LogP contribution is 2.48. The van der Waals surface area contributed by atoms with E-state index < -0.39 is 21.4 Å². The third-order valence-electron chi connectivity index (χ3n) is 6.73. The Morgan fingerprint density at radius 1 is 1.09 bits per heavy atom. The van der Waals surface area contributed by atoms with Gasteiger partial charge in [-0.3, -0.25) is 13.9 Å². The number of fused-ring (bicyclic) bond motifs is 2. The number of allylic oxidation sites excluding steroid dienone is 1. The van der Waals surface area contributed by atoms with Gasteiger partial charge in [0.2, 0.25) is 5.91 Å². The quantitative estimate of drug-likeness (QED) is 0.605. The van der Waals surface area contributed by atoms with E-state index in [1.165, 1.54) is 4.31 Å². The number of hydrogen-bond acceptors (Lipinski definition) is 5. The van der Waals surface area contributed by atoms with Crippen LogP contribution >= 0.6 is 0 Å². The molecule has 7 nitrogen and oxygen atoms in total. The summed E-state index contributed by atoms with van der Waals surface area (Å²) >= 11 is 0. The summed E-state index contributed by atoms with van der Waals surface area (Å²) in [6.45, 7) is 5.86. The molecule has 0 saturated heterocycles. The van der Waals surface area contributed by atoms with Crippen molar-refractivity contribution in [2.24, 2.45) is 0 Å². The van der Waals surface area contributed by atoms with E-state index in [9.17, 15) is 18.0 Å². The van der Waals surface area contributed by atoms with Crippen LogP contribution in [0, 0.1) is 13.8 Å². The highest BCUT2D eigenvalue weighted by Gasteiger charge is 2.50.